The second kappa shape index (κ2) is 5.87. The Bertz CT molecular complexity index is 374. The van der Waals surface area contributed by atoms with Gasteiger partial charge in [-0.15, -0.1) is 0 Å². The second-order valence-electron chi connectivity index (χ2n) is 6.01. The zero-order valence-electron chi connectivity index (χ0n) is 11.8. The lowest BCUT2D eigenvalue weighted by molar-refractivity contribution is 0.0560. The van der Waals surface area contributed by atoms with E-state index in [-0.39, 0.29) is 6.10 Å². The Hall–Kier alpha value is -0.830. The maximum atomic E-state index is 10.5. The third-order valence-corrected chi connectivity index (χ3v) is 4.53. The molecule has 0 spiro atoms. The number of aliphatic hydroxyl groups is 1. The van der Waals surface area contributed by atoms with Crippen LogP contribution in [0.5, 0.6) is 0 Å². The molecule has 1 aliphatic carbocycles. The van der Waals surface area contributed by atoms with Crippen LogP contribution in [0, 0.1) is 17.8 Å². The monoisotopic (exact) mass is 250 g/mol. The van der Waals surface area contributed by atoms with Crippen molar-refractivity contribution in [2.75, 3.05) is 0 Å². The fourth-order valence-corrected chi connectivity index (χ4v) is 3.03. The van der Waals surface area contributed by atoms with Crippen molar-refractivity contribution in [1.82, 2.24) is 9.78 Å². The van der Waals surface area contributed by atoms with Crippen molar-refractivity contribution < 1.29 is 5.11 Å². The molecule has 1 aromatic heterocycles. The minimum atomic E-state index is -0.328. The van der Waals surface area contributed by atoms with E-state index in [1.54, 1.807) is 0 Å². The van der Waals surface area contributed by atoms with E-state index in [4.69, 9.17) is 0 Å². The van der Waals surface area contributed by atoms with E-state index in [1.165, 1.54) is 6.42 Å². The molecule has 1 fully saturated rings. The van der Waals surface area contributed by atoms with Gasteiger partial charge in [0.2, 0.25) is 0 Å². The van der Waals surface area contributed by atoms with Crippen molar-refractivity contribution in [2.24, 2.45) is 17.8 Å². The predicted octanol–water partition coefficient (Wildman–Crippen LogP) is 3.40. The maximum absolute atomic E-state index is 10.5. The first-order valence-corrected chi connectivity index (χ1v) is 7.32. The lowest BCUT2D eigenvalue weighted by Gasteiger charge is -2.34. The van der Waals surface area contributed by atoms with Crippen molar-refractivity contribution in [3.63, 3.8) is 0 Å². The molecule has 1 N–H and O–H groups in total. The van der Waals surface area contributed by atoms with Crippen LogP contribution in [-0.2, 0) is 6.54 Å². The minimum Gasteiger partial charge on any atom is -0.388 e. The van der Waals surface area contributed by atoms with Crippen molar-refractivity contribution in [3.05, 3.63) is 18.0 Å². The fourth-order valence-electron chi connectivity index (χ4n) is 3.03. The van der Waals surface area contributed by atoms with E-state index in [1.807, 2.05) is 17.1 Å². The van der Waals surface area contributed by atoms with Gasteiger partial charge in [-0.25, -0.2) is 0 Å². The Kier molecular flexibility index (Phi) is 4.44. The van der Waals surface area contributed by atoms with Gasteiger partial charge in [-0.05, 0) is 37.0 Å². The molecular weight excluding hydrogens is 224 g/mol. The Morgan fingerprint density at radius 3 is 2.83 bits per heavy atom. The van der Waals surface area contributed by atoms with E-state index >= 15 is 0 Å². The van der Waals surface area contributed by atoms with Crippen LogP contribution in [0.3, 0.4) is 0 Å². The number of hydrogen-bond acceptors (Lipinski definition) is 2. The first-order valence-electron chi connectivity index (χ1n) is 7.32. The molecule has 3 nitrogen and oxygen atoms in total. The molecule has 1 heterocycles. The van der Waals surface area contributed by atoms with E-state index in [0.717, 1.165) is 43.2 Å². The van der Waals surface area contributed by atoms with E-state index in [0.29, 0.717) is 5.92 Å². The first-order chi connectivity index (χ1) is 8.61. The summed E-state index contributed by atoms with van der Waals surface area (Å²) in [5.41, 5.74) is 0.996. The summed E-state index contributed by atoms with van der Waals surface area (Å²) in [4.78, 5) is 0. The van der Waals surface area contributed by atoms with Gasteiger partial charge in [0.05, 0.1) is 12.3 Å². The second-order valence-corrected chi connectivity index (χ2v) is 6.01. The molecule has 1 saturated carbocycles. The zero-order valence-corrected chi connectivity index (χ0v) is 11.8. The first kappa shape index (κ1) is 13.6. The summed E-state index contributed by atoms with van der Waals surface area (Å²) >= 11 is 0. The molecule has 1 aliphatic rings. The molecule has 2 rings (SSSR count). The zero-order chi connectivity index (χ0) is 13.1. The van der Waals surface area contributed by atoms with Gasteiger partial charge in [0.1, 0.15) is 0 Å². The van der Waals surface area contributed by atoms with E-state index in [2.05, 4.69) is 25.9 Å². The molecule has 0 aliphatic heterocycles. The van der Waals surface area contributed by atoms with Crippen LogP contribution in [0.4, 0.5) is 0 Å². The van der Waals surface area contributed by atoms with Crippen molar-refractivity contribution >= 4 is 0 Å². The highest BCUT2D eigenvalue weighted by molar-refractivity contribution is 5.09. The lowest BCUT2D eigenvalue weighted by atomic mass is 9.73. The fraction of sp³-hybridized carbons (Fsp3) is 0.800. The number of nitrogens with zero attached hydrogens (tertiary/aromatic N) is 2. The predicted molar refractivity (Wildman–Crippen MR) is 73.1 cm³/mol. The summed E-state index contributed by atoms with van der Waals surface area (Å²) in [7, 11) is 0. The van der Waals surface area contributed by atoms with Gasteiger partial charge in [-0.1, -0.05) is 27.2 Å². The molecule has 4 unspecified atom stereocenters. The van der Waals surface area contributed by atoms with Gasteiger partial charge in [0, 0.05) is 18.3 Å². The number of aliphatic hydroxyl groups excluding tert-OH is 1. The average Bonchev–Trinajstić information content (AvgIpc) is 2.81. The number of aromatic nitrogens is 2. The largest absolute Gasteiger partial charge is 0.388 e. The summed E-state index contributed by atoms with van der Waals surface area (Å²) in [6.07, 6.45) is 8.12. The number of rotatable bonds is 4. The van der Waals surface area contributed by atoms with Gasteiger partial charge in [0.25, 0.3) is 0 Å². The summed E-state index contributed by atoms with van der Waals surface area (Å²) in [6, 6.07) is 0. The van der Waals surface area contributed by atoms with Gasteiger partial charge in [-0.2, -0.15) is 5.10 Å². The Labute approximate surface area is 110 Å². The molecule has 0 aromatic carbocycles. The van der Waals surface area contributed by atoms with E-state index < -0.39 is 0 Å². The average molecular weight is 250 g/mol. The maximum Gasteiger partial charge on any atom is 0.0848 e. The molecule has 0 amide bonds. The van der Waals surface area contributed by atoms with Crippen LogP contribution >= 0.6 is 0 Å². The molecule has 18 heavy (non-hydrogen) atoms. The summed E-state index contributed by atoms with van der Waals surface area (Å²) in [6.45, 7) is 7.71. The lowest BCUT2D eigenvalue weighted by Crippen LogP contribution is -2.25. The van der Waals surface area contributed by atoms with Crippen LogP contribution in [0.2, 0.25) is 0 Å². The summed E-state index contributed by atoms with van der Waals surface area (Å²) in [5, 5.41) is 14.8. The smallest absolute Gasteiger partial charge is 0.0848 e. The standard InChI is InChI=1S/C15H26N2O/c1-4-7-17-10-14(9-16-17)15(18)13-6-5-11(2)12(3)8-13/h9-13,15,18H,4-8H2,1-3H3. The topological polar surface area (TPSA) is 38.0 Å². The van der Waals surface area contributed by atoms with Crippen molar-refractivity contribution in [2.45, 2.75) is 59.1 Å². The molecule has 102 valence electrons. The highest BCUT2D eigenvalue weighted by Gasteiger charge is 2.30. The van der Waals surface area contributed by atoms with E-state index in [9.17, 15) is 5.11 Å². The Balaban J connectivity index is 1.99. The molecule has 0 bridgehead atoms. The molecule has 4 atom stereocenters. The molecule has 0 saturated heterocycles. The minimum absolute atomic E-state index is 0.328. The molecule has 1 aromatic rings. The van der Waals surface area contributed by atoms with Gasteiger partial charge in [-0.3, -0.25) is 4.68 Å². The van der Waals surface area contributed by atoms with Crippen LogP contribution in [0.15, 0.2) is 12.4 Å². The van der Waals surface area contributed by atoms with Gasteiger partial charge in [0.15, 0.2) is 0 Å². The third-order valence-electron chi connectivity index (χ3n) is 4.53. The molecular formula is C15H26N2O. The van der Waals surface area contributed by atoms with Gasteiger partial charge < -0.3 is 5.11 Å². The van der Waals surface area contributed by atoms with Gasteiger partial charge >= 0.3 is 0 Å². The quantitative estimate of drug-likeness (QED) is 0.889. The highest BCUT2D eigenvalue weighted by Crippen LogP contribution is 2.39. The summed E-state index contributed by atoms with van der Waals surface area (Å²) in [5.74, 6) is 1.94. The number of aryl methyl sites for hydroxylation is 1. The van der Waals surface area contributed by atoms with Crippen molar-refractivity contribution in [3.8, 4) is 0 Å². The Morgan fingerprint density at radius 1 is 1.39 bits per heavy atom. The van der Waals surface area contributed by atoms with Crippen LogP contribution in [0.25, 0.3) is 0 Å². The third kappa shape index (κ3) is 2.94. The SMILES string of the molecule is CCCn1cc(C(O)C2CCC(C)C(C)C2)cn1. The number of hydrogen-bond donors (Lipinski definition) is 1. The molecule has 0 radical (unpaired) electrons. The van der Waals surface area contributed by atoms with Crippen LogP contribution in [0.1, 0.15) is 58.1 Å². The normalized spacial score (nSPS) is 30.3. The Morgan fingerprint density at radius 2 is 2.17 bits per heavy atom. The summed E-state index contributed by atoms with van der Waals surface area (Å²) < 4.78 is 1.94. The molecule has 3 heteroatoms. The van der Waals surface area contributed by atoms with Crippen LogP contribution < -0.4 is 0 Å². The van der Waals surface area contributed by atoms with Crippen molar-refractivity contribution in [1.29, 1.82) is 0 Å². The highest BCUT2D eigenvalue weighted by atomic mass is 16.3. The van der Waals surface area contributed by atoms with Crippen LogP contribution in [-0.4, -0.2) is 14.9 Å².